The van der Waals surface area contributed by atoms with Gasteiger partial charge in [0, 0.05) is 13.1 Å². The molecule has 1 saturated carbocycles. The Balaban J connectivity index is 2.22. The number of para-hydroxylation sites is 1. The van der Waals surface area contributed by atoms with Crippen molar-refractivity contribution in [1.82, 2.24) is 4.90 Å². The van der Waals surface area contributed by atoms with Gasteiger partial charge in [-0.3, -0.25) is 9.69 Å². The van der Waals surface area contributed by atoms with Crippen LogP contribution >= 0.6 is 0 Å². The lowest BCUT2D eigenvalue weighted by atomic mass is 10.2. The predicted molar refractivity (Wildman–Crippen MR) is 72.3 cm³/mol. The van der Waals surface area contributed by atoms with Gasteiger partial charge in [0.25, 0.3) is 0 Å². The molecule has 0 heterocycles. The van der Waals surface area contributed by atoms with E-state index in [1.165, 1.54) is 9.80 Å². The van der Waals surface area contributed by atoms with E-state index in [0.29, 0.717) is 11.3 Å². The molecule has 6 nitrogen and oxygen atoms in total. The zero-order valence-corrected chi connectivity index (χ0v) is 11.1. The van der Waals surface area contributed by atoms with Crippen LogP contribution in [-0.2, 0) is 4.79 Å². The quantitative estimate of drug-likeness (QED) is 0.904. The minimum Gasteiger partial charge on any atom is -0.480 e. The number of anilines is 1. The van der Waals surface area contributed by atoms with E-state index in [4.69, 9.17) is 10.4 Å². The highest BCUT2D eigenvalue weighted by atomic mass is 16.4. The minimum absolute atomic E-state index is 0.00435. The van der Waals surface area contributed by atoms with Crippen LogP contribution in [0.4, 0.5) is 10.5 Å². The summed E-state index contributed by atoms with van der Waals surface area (Å²) in [5.41, 5.74) is 0.866. The van der Waals surface area contributed by atoms with Crippen molar-refractivity contribution >= 4 is 17.7 Å². The number of carbonyl (C=O) groups is 2. The van der Waals surface area contributed by atoms with E-state index < -0.39 is 12.0 Å². The average Bonchev–Trinajstić information content (AvgIpc) is 3.27. The van der Waals surface area contributed by atoms with Gasteiger partial charge in [0.05, 0.1) is 11.3 Å². The number of carbonyl (C=O) groups excluding carboxylic acids is 1. The zero-order valence-electron chi connectivity index (χ0n) is 11.1. The van der Waals surface area contributed by atoms with Crippen molar-refractivity contribution < 1.29 is 14.7 Å². The van der Waals surface area contributed by atoms with Crippen LogP contribution in [0.5, 0.6) is 0 Å². The molecule has 6 heteroatoms. The van der Waals surface area contributed by atoms with Crippen molar-refractivity contribution in [2.45, 2.75) is 18.9 Å². The van der Waals surface area contributed by atoms with E-state index in [-0.39, 0.29) is 12.6 Å². The fourth-order valence-corrected chi connectivity index (χ4v) is 2.04. The van der Waals surface area contributed by atoms with Crippen LogP contribution < -0.4 is 4.90 Å². The number of carboxylic acid groups (broad SMARTS) is 1. The Labute approximate surface area is 116 Å². The third kappa shape index (κ3) is 2.88. The smallest absolute Gasteiger partial charge is 0.325 e. The lowest BCUT2D eigenvalue weighted by molar-refractivity contribution is -0.137. The van der Waals surface area contributed by atoms with Gasteiger partial charge in [-0.25, -0.2) is 4.79 Å². The van der Waals surface area contributed by atoms with Gasteiger partial charge < -0.3 is 10.0 Å². The van der Waals surface area contributed by atoms with Crippen molar-refractivity contribution in [3.8, 4) is 6.07 Å². The van der Waals surface area contributed by atoms with Gasteiger partial charge in [-0.15, -0.1) is 0 Å². The molecule has 0 aliphatic heterocycles. The standard InChI is InChI=1S/C14H15N3O3/c1-16(12-5-3-2-4-10(12)8-15)14(20)17(9-13(18)19)11-6-7-11/h2-5,11H,6-7,9H2,1H3,(H,18,19). The highest BCUT2D eigenvalue weighted by Crippen LogP contribution is 2.29. The molecular weight excluding hydrogens is 258 g/mol. The van der Waals surface area contributed by atoms with Gasteiger partial charge in [-0.2, -0.15) is 5.26 Å². The zero-order chi connectivity index (χ0) is 14.7. The Morgan fingerprint density at radius 1 is 1.40 bits per heavy atom. The molecule has 0 atom stereocenters. The topological polar surface area (TPSA) is 84.6 Å². The van der Waals surface area contributed by atoms with E-state index in [2.05, 4.69) is 0 Å². The molecule has 20 heavy (non-hydrogen) atoms. The molecule has 0 aromatic heterocycles. The van der Waals surface area contributed by atoms with Gasteiger partial charge >= 0.3 is 12.0 Å². The van der Waals surface area contributed by atoms with Gasteiger partial charge in [-0.1, -0.05) is 12.1 Å². The normalized spacial score (nSPS) is 13.4. The third-order valence-electron chi connectivity index (χ3n) is 3.21. The number of carboxylic acids is 1. The number of nitriles is 1. The molecule has 0 saturated heterocycles. The molecule has 1 aliphatic rings. The van der Waals surface area contributed by atoms with Crippen molar-refractivity contribution in [3.05, 3.63) is 29.8 Å². The number of hydrogen-bond acceptors (Lipinski definition) is 3. The number of urea groups is 1. The van der Waals surface area contributed by atoms with Crippen LogP contribution in [0.1, 0.15) is 18.4 Å². The molecule has 0 bridgehead atoms. The summed E-state index contributed by atoms with van der Waals surface area (Å²) in [5, 5.41) is 18.0. The van der Waals surface area contributed by atoms with E-state index in [1.807, 2.05) is 6.07 Å². The number of rotatable bonds is 4. The Morgan fingerprint density at radius 3 is 2.60 bits per heavy atom. The molecule has 0 unspecified atom stereocenters. The second-order valence-electron chi connectivity index (χ2n) is 4.72. The number of hydrogen-bond donors (Lipinski definition) is 1. The first kappa shape index (κ1) is 13.9. The van der Waals surface area contributed by atoms with Crippen molar-refractivity contribution in [3.63, 3.8) is 0 Å². The number of nitrogens with zero attached hydrogens (tertiary/aromatic N) is 3. The summed E-state index contributed by atoms with van der Waals surface area (Å²) in [6.45, 7) is -0.317. The minimum atomic E-state index is -1.03. The second-order valence-corrected chi connectivity index (χ2v) is 4.72. The molecule has 1 aromatic rings. The highest BCUT2D eigenvalue weighted by molar-refractivity contribution is 5.94. The van der Waals surface area contributed by atoms with Gasteiger partial charge in [0.15, 0.2) is 0 Å². The van der Waals surface area contributed by atoms with Crippen LogP contribution in [0.25, 0.3) is 0 Å². The second kappa shape index (κ2) is 5.61. The summed E-state index contributed by atoms with van der Waals surface area (Å²) >= 11 is 0. The fraction of sp³-hybridized carbons (Fsp3) is 0.357. The summed E-state index contributed by atoms with van der Waals surface area (Å²) in [6, 6.07) is 8.38. The van der Waals surface area contributed by atoms with E-state index >= 15 is 0 Å². The molecule has 1 N–H and O–H groups in total. The molecule has 2 rings (SSSR count). The predicted octanol–water partition coefficient (Wildman–Crippen LogP) is 1.66. The lowest BCUT2D eigenvalue weighted by Gasteiger charge is -2.27. The summed E-state index contributed by atoms with van der Waals surface area (Å²) in [6.07, 6.45) is 1.65. The lowest BCUT2D eigenvalue weighted by Crippen LogP contribution is -2.45. The molecule has 2 amide bonds. The molecule has 1 fully saturated rings. The molecule has 1 aromatic carbocycles. The van der Waals surface area contributed by atoms with Crippen molar-refractivity contribution in [1.29, 1.82) is 5.26 Å². The summed E-state index contributed by atoms with van der Waals surface area (Å²) in [5.74, 6) is -1.03. The van der Waals surface area contributed by atoms with Crippen LogP contribution in [0.15, 0.2) is 24.3 Å². The first-order valence-electron chi connectivity index (χ1n) is 6.30. The van der Waals surface area contributed by atoms with Gasteiger partial charge in [0.1, 0.15) is 12.6 Å². The first-order valence-corrected chi connectivity index (χ1v) is 6.30. The molecule has 0 radical (unpaired) electrons. The Bertz CT molecular complexity index is 575. The first-order chi connectivity index (χ1) is 9.54. The van der Waals surface area contributed by atoms with E-state index in [9.17, 15) is 9.59 Å². The highest BCUT2D eigenvalue weighted by Gasteiger charge is 2.35. The molecule has 104 valence electrons. The number of benzene rings is 1. The van der Waals surface area contributed by atoms with Gasteiger partial charge in [0.2, 0.25) is 0 Å². The van der Waals surface area contributed by atoms with Gasteiger partial charge in [-0.05, 0) is 25.0 Å². The number of aliphatic carboxylic acids is 1. The average molecular weight is 273 g/mol. The third-order valence-corrected chi connectivity index (χ3v) is 3.21. The van der Waals surface area contributed by atoms with E-state index in [1.54, 1.807) is 31.3 Å². The summed E-state index contributed by atoms with van der Waals surface area (Å²) in [4.78, 5) is 25.9. The Hall–Kier alpha value is -2.55. The summed E-state index contributed by atoms with van der Waals surface area (Å²) in [7, 11) is 1.55. The molecular formula is C14H15N3O3. The molecule has 1 aliphatic carbocycles. The largest absolute Gasteiger partial charge is 0.480 e. The maximum absolute atomic E-state index is 12.4. The van der Waals surface area contributed by atoms with E-state index in [0.717, 1.165) is 12.8 Å². The fourth-order valence-electron chi connectivity index (χ4n) is 2.04. The van der Waals surface area contributed by atoms with Crippen molar-refractivity contribution in [2.75, 3.05) is 18.5 Å². The summed E-state index contributed by atoms with van der Waals surface area (Å²) < 4.78 is 0. The maximum Gasteiger partial charge on any atom is 0.325 e. The van der Waals surface area contributed by atoms with Crippen LogP contribution in [-0.4, -0.2) is 41.6 Å². The maximum atomic E-state index is 12.4. The van der Waals surface area contributed by atoms with Crippen LogP contribution in [0, 0.1) is 11.3 Å². The number of amides is 2. The van der Waals surface area contributed by atoms with Crippen LogP contribution in [0.3, 0.4) is 0 Å². The Morgan fingerprint density at radius 2 is 2.05 bits per heavy atom. The van der Waals surface area contributed by atoms with Crippen LogP contribution in [0.2, 0.25) is 0 Å². The molecule has 0 spiro atoms. The SMILES string of the molecule is CN(C(=O)N(CC(=O)O)C1CC1)c1ccccc1C#N. The monoisotopic (exact) mass is 273 g/mol. The van der Waals surface area contributed by atoms with Crippen molar-refractivity contribution in [2.24, 2.45) is 0 Å². The Kier molecular flexibility index (Phi) is 3.89.